The van der Waals surface area contributed by atoms with Crippen LogP contribution >= 0.6 is 0 Å². The molecule has 3 fully saturated rings. The van der Waals surface area contributed by atoms with Gasteiger partial charge in [0.05, 0.1) is 12.2 Å². The van der Waals surface area contributed by atoms with Crippen LogP contribution in [-0.2, 0) is 0 Å². The molecule has 0 amide bonds. The third-order valence-electron chi connectivity index (χ3n) is 8.21. The van der Waals surface area contributed by atoms with E-state index in [9.17, 15) is 10.2 Å². The SMILES string of the molecule is C=C1C(C)CC(=CC=C2CCCC3(C)C2CCC3C(C)C=CCC(C)O)CC1O. The Morgan fingerprint density at radius 3 is 2.66 bits per heavy atom. The summed E-state index contributed by atoms with van der Waals surface area (Å²) in [5.41, 5.74) is 4.41. The number of aliphatic hydroxyl groups excluding tert-OH is 2. The Hall–Kier alpha value is -1.12. The molecular weight excluding hydrogens is 356 g/mol. The van der Waals surface area contributed by atoms with E-state index in [4.69, 9.17) is 0 Å². The van der Waals surface area contributed by atoms with Gasteiger partial charge < -0.3 is 10.2 Å². The average molecular weight is 399 g/mol. The highest BCUT2D eigenvalue weighted by Crippen LogP contribution is 2.59. The molecule has 0 aromatic rings. The van der Waals surface area contributed by atoms with Crippen molar-refractivity contribution in [3.8, 4) is 0 Å². The molecule has 2 N–H and O–H groups in total. The second-order valence-electron chi connectivity index (χ2n) is 10.4. The van der Waals surface area contributed by atoms with Crippen molar-refractivity contribution in [3.05, 3.63) is 47.6 Å². The van der Waals surface area contributed by atoms with E-state index in [1.54, 1.807) is 5.57 Å². The van der Waals surface area contributed by atoms with Crippen molar-refractivity contribution >= 4 is 0 Å². The smallest absolute Gasteiger partial charge is 0.0787 e. The Bertz CT molecular complexity index is 667. The number of rotatable bonds is 5. The van der Waals surface area contributed by atoms with Crippen LogP contribution in [0.1, 0.15) is 79.1 Å². The maximum absolute atomic E-state index is 10.3. The molecule has 7 unspecified atom stereocenters. The minimum atomic E-state index is -0.370. The Balaban J connectivity index is 1.72. The van der Waals surface area contributed by atoms with Crippen molar-refractivity contribution in [2.75, 3.05) is 0 Å². The molecule has 3 aliphatic carbocycles. The summed E-state index contributed by atoms with van der Waals surface area (Å²) in [5, 5.41) is 19.8. The molecule has 0 aromatic heterocycles. The predicted molar refractivity (Wildman–Crippen MR) is 122 cm³/mol. The van der Waals surface area contributed by atoms with Gasteiger partial charge in [0.1, 0.15) is 0 Å². The fourth-order valence-corrected chi connectivity index (χ4v) is 6.44. The molecule has 0 spiro atoms. The Morgan fingerprint density at radius 2 is 1.97 bits per heavy atom. The molecule has 29 heavy (non-hydrogen) atoms. The lowest BCUT2D eigenvalue weighted by atomic mass is 9.61. The molecule has 2 nitrogen and oxygen atoms in total. The van der Waals surface area contributed by atoms with Gasteiger partial charge in [0.15, 0.2) is 0 Å². The molecule has 2 heteroatoms. The lowest BCUT2D eigenvalue weighted by Crippen LogP contribution is -2.35. The minimum Gasteiger partial charge on any atom is -0.393 e. The van der Waals surface area contributed by atoms with Crippen LogP contribution in [-0.4, -0.2) is 22.4 Å². The van der Waals surface area contributed by atoms with E-state index < -0.39 is 0 Å². The van der Waals surface area contributed by atoms with Crippen molar-refractivity contribution < 1.29 is 10.2 Å². The summed E-state index contributed by atoms with van der Waals surface area (Å²) in [6.07, 6.45) is 17.7. The molecule has 0 aromatic carbocycles. The molecule has 3 aliphatic rings. The molecule has 0 saturated heterocycles. The monoisotopic (exact) mass is 398 g/mol. The minimum absolute atomic E-state index is 0.249. The van der Waals surface area contributed by atoms with Crippen molar-refractivity contribution in [3.63, 3.8) is 0 Å². The first kappa shape index (κ1) is 22.6. The van der Waals surface area contributed by atoms with E-state index in [2.05, 4.69) is 51.7 Å². The Kier molecular flexibility index (Phi) is 7.27. The third-order valence-corrected chi connectivity index (χ3v) is 8.21. The van der Waals surface area contributed by atoms with E-state index in [0.29, 0.717) is 23.2 Å². The topological polar surface area (TPSA) is 40.5 Å². The first-order valence-electron chi connectivity index (χ1n) is 11.8. The molecule has 3 rings (SSSR count). The second-order valence-corrected chi connectivity index (χ2v) is 10.4. The van der Waals surface area contributed by atoms with Crippen LogP contribution in [0.4, 0.5) is 0 Å². The van der Waals surface area contributed by atoms with Gasteiger partial charge in [-0.2, -0.15) is 0 Å². The van der Waals surface area contributed by atoms with Crippen molar-refractivity contribution in [2.24, 2.45) is 29.1 Å². The maximum atomic E-state index is 10.3. The summed E-state index contributed by atoms with van der Waals surface area (Å²) < 4.78 is 0. The normalized spacial score (nSPS) is 40.6. The van der Waals surface area contributed by atoms with Gasteiger partial charge >= 0.3 is 0 Å². The molecular formula is C27H42O2. The largest absolute Gasteiger partial charge is 0.393 e. The zero-order valence-corrected chi connectivity index (χ0v) is 19.0. The lowest BCUT2D eigenvalue weighted by molar-refractivity contribution is 0.112. The fraction of sp³-hybridized carbons (Fsp3) is 0.704. The van der Waals surface area contributed by atoms with Crippen LogP contribution in [0, 0.1) is 29.1 Å². The summed E-state index contributed by atoms with van der Waals surface area (Å²) in [7, 11) is 0. The zero-order chi connectivity index (χ0) is 21.2. The van der Waals surface area contributed by atoms with E-state index in [-0.39, 0.29) is 12.2 Å². The van der Waals surface area contributed by atoms with Gasteiger partial charge in [-0.3, -0.25) is 0 Å². The highest BCUT2D eigenvalue weighted by Gasteiger charge is 2.50. The average Bonchev–Trinajstić information content (AvgIpc) is 3.01. The summed E-state index contributed by atoms with van der Waals surface area (Å²) in [4.78, 5) is 0. The zero-order valence-electron chi connectivity index (χ0n) is 19.0. The van der Waals surface area contributed by atoms with Crippen molar-refractivity contribution in [1.82, 2.24) is 0 Å². The quantitative estimate of drug-likeness (QED) is 0.529. The molecule has 3 saturated carbocycles. The molecule has 0 bridgehead atoms. The van der Waals surface area contributed by atoms with Crippen LogP contribution in [0.25, 0.3) is 0 Å². The van der Waals surface area contributed by atoms with Gasteiger partial charge in [-0.1, -0.05) is 62.8 Å². The second kappa shape index (κ2) is 9.35. The van der Waals surface area contributed by atoms with Gasteiger partial charge in [0.2, 0.25) is 0 Å². The number of hydrogen-bond donors (Lipinski definition) is 2. The number of fused-ring (bicyclic) bond motifs is 1. The van der Waals surface area contributed by atoms with Crippen molar-refractivity contribution in [1.29, 1.82) is 0 Å². The van der Waals surface area contributed by atoms with Gasteiger partial charge in [-0.25, -0.2) is 0 Å². The molecule has 7 atom stereocenters. The summed E-state index contributed by atoms with van der Waals surface area (Å²) in [6.45, 7) is 13.0. The van der Waals surface area contributed by atoms with Crippen LogP contribution in [0.2, 0.25) is 0 Å². The van der Waals surface area contributed by atoms with E-state index >= 15 is 0 Å². The molecule has 0 aliphatic heterocycles. The van der Waals surface area contributed by atoms with Gasteiger partial charge in [-0.15, -0.1) is 0 Å². The summed E-state index contributed by atoms with van der Waals surface area (Å²) >= 11 is 0. The molecule has 0 heterocycles. The first-order valence-corrected chi connectivity index (χ1v) is 11.8. The van der Waals surface area contributed by atoms with Crippen LogP contribution in [0.15, 0.2) is 47.6 Å². The predicted octanol–water partition coefficient (Wildman–Crippen LogP) is 6.37. The fourth-order valence-electron chi connectivity index (χ4n) is 6.44. The highest BCUT2D eigenvalue weighted by atomic mass is 16.3. The third kappa shape index (κ3) is 4.97. The number of hydrogen-bond acceptors (Lipinski definition) is 2. The van der Waals surface area contributed by atoms with Crippen LogP contribution in [0.3, 0.4) is 0 Å². The van der Waals surface area contributed by atoms with Crippen LogP contribution in [0.5, 0.6) is 0 Å². The maximum Gasteiger partial charge on any atom is 0.0787 e. The Morgan fingerprint density at radius 1 is 1.21 bits per heavy atom. The summed E-state index contributed by atoms with van der Waals surface area (Å²) in [6, 6.07) is 0. The van der Waals surface area contributed by atoms with E-state index in [1.165, 1.54) is 37.7 Å². The lowest BCUT2D eigenvalue weighted by Gasteiger charge is -2.44. The number of allylic oxidation sites excluding steroid dienone is 4. The number of aliphatic hydroxyl groups is 2. The molecule has 162 valence electrons. The van der Waals surface area contributed by atoms with Crippen LogP contribution < -0.4 is 0 Å². The summed E-state index contributed by atoms with van der Waals surface area (Å²) in [5.74, 6) is 2.38. The standard InChI is InChI=1S/C27H42O2/c1-18(8-6-9-20(3)28)24-13-14-25-23(10-7-15-27(24,25)5)12-11-22-16-19(2)21(4)26(29)17-22/h6,8,11-12,18-20,24-26,28-29H,4,7,9-10,13-17H2,1-3,5H3. The highest BCUT2D eigenvalue weighted by molar-refractivity contribution is 5.29. The Labute approximate surface area is 178 Å². The van der Waals surface area contributed by atoms with E-state index in [1.807, 2.05) is 6.92 Å². The van der Waals surface area contributed by atoms with Gasteiger partial charge in [-0.05, 0) is 93.0 Å². The van der Waals surface area contributed by atoms with Gasteiger partial charge in [0.25, 0.3) is 0 Å². The van der Waals surface area contributed by atoms with Gasteiger partial charge in [0, 0.05) is 0 Å². The molecule has 0 radical (unpaired) electrons. The first-order chi connectivity index (χ1) is 13.7. The van der Waals surface area contributed by atoms with E-state index in [0.717, 1.165) is 30.8 Å². The van der Waals surface area contributed by atoms with Crippen molar-refractivity contribution in [2.45, 2.75) is 91.3 Å².